The quantitative estimate of drug-likeness (QED) is 0.0746. The van der Waals surface area contributed by atoms with Gasteiger partial charge in [-0.3, -0.25) is 0 Å². The smallest absolute Gasteiger partial charge is 0.123 e. The zero-order valence-electron chi connectivity index (χ0n) is 45.3. The molecule has 12 aromatic carbocycles. The molecule has 0 spiro atoms. The first-order valence-electron chi connectivity index (χ1n) is 27.8. The van der Waals surface area contributed by atoms with E-state index in [4.69, 9.17) is 0 Å². The van der Waals surface area contributed by atoms with Gasteiger partial charge in [-0.1, -0.05) is 218 Å². The topological polar surface area (TPSA) is 162 Å². The molecule has 408 valence electrons. The average Bonchev–Trinajstić information content (AvgIpc) is 2.11. The summed E-state index contributed by atoms with van der Waals surface area (Å²) in [5, 5.41) is 99.6. The minimum absolute atomic E-state index is 0.272. The Labute approximate surface area is 486 Å². The molecule has 8 N–H and O–H groups in total. The number of phenolic OH excluding ortho intramolecular Hbond substituents is 8. The summed E-state index contributed by atoms with van der Waals surface area (Å²) in [6.07, 6.45) is 0. The summed E-state index contributed by atoms with van der Waals surface area (Å²) in [7, 11) is 0. The maximum atomic E-state index is 12.5. The van der Waals surface area contributed by atoms with E-state index in [0.29, 0.717) is 22.3 Å². The van der Waals surface area contributed by atoms with Gasteiger partial charge in [-0.05, 0) is 91.0 Å². The lowest BCUT2D eigenvalue weighted by atomic mass is 9.75. The first-order chi connectivity index (χ1) is 40.9. The summed E-state index contributed by atoms with van der Waals surface area (Å²) < 4.78 is 0. The third-order valence-electron chi connectivity index (χ3n) is 16.6. The van der Waals surface area contributed by atoms with E-state index in [-0.39, 0.29) is 90.5 Å². The number of phenols is 8. The van der Waals surface area contributed by atoms with Crippen LogP contribution in [0, 0.1) is 0 Å². The zero-order chi connectivity index (χ0) is 57.6. The number of rotatable bonds is 8. The summed E-state index contributed by atoms with van der Waals surface area (Å²) in [5.74, 6) is -6.41. The van der Waals surface area contributed by atoms with Crippen molar-refractivity contribution in [2.45, 2.75) is 23.7 Å². The van der Waals surface area contributed by atoms with Crippen molar-refractivity contribution < 1.29 is 40.9 Å². The van der Waals surface area contributed by atoms with E-state index in [2.05, 4.69) is 0 Å². The number of fused-ring (bicyclic) bond motifs is 8. The van der Waals surface area contributed by atoms with Crippen molar-refractivity contribution >= 4 is 0 Å². The predicted octanol–water partition coefficient (Wildman–Crippen LogP) is 17.0. The minimum atomic E-state index is -1.00. The van der Waals surface area contributed by atoms with Crippen LogP contribution in [-0.4, -0.2) is 40.9 Å². The molecule has 0 radical (unpaired) electrons. The van der Waals surface area contributed by atoms with Crippen LogP contribution >= 0.6 is 0 Å². The first kappa shape index (κ1) is 52.4. The third kappa shape index (κ3) is 9.75. The lowest BCUT2D eigenvalue weighted by molar-refractivity contribution is 0.431. The molecule has 0 aromatic heterocycles. The van der Waals surface area contributed by atoms with Crippen molar-refractivity contribution in [2.75, 3.05) is 0 Å². The third-order valence-corrected chi connectivity index (χ3v) is 16.6. The standard InChI is InChI=1S/C76H56O8/c77-65-41-67(79)59-37-57(65)73(53-29-21-49(22-30-53)45-13-5-1-6-14-45)58-38-60(68(80)42-66(58)78)75(55-33-25-51(26-34-55)47-17-9-3-10-18-47)62-40-64(72(84)44-70(62)82)76(56-35-27-52(28-36-56)48-19-11-4-12-20-48)63-39-61(69(81)43-71(63)83)74(59)54-31-23-50(24-32-54)46-15-7-2-8-16-46/h1-44,73-84H/t73-,74+,75?,76?. The molecular formula is C76H56O8. The van der Waals surface area contributed by atoms with Crippen LogP contribution in [0.15, 0.2) is 267 Å². The molecule has 8 nitrogen and oxygen atoms in total. The molecule has 12 aromatic rings. The first-order valence-corrected chi connectivity index (χ1v) is 27.8. The van der Waals surface area contributed by atoms with Gasteiger partial charge in [0, 0.05) is 92.4 Å². The minimum Gasteiger partial charge on any atom is -0.507 e. The molecule has 1 aliphatic rings. The van der Waals surface area contributed by atoms with Crippen molar-refractivity contribution in [1.29, 1.82) is 0 Å². The van der Waals surface area contributed by atoms with E-state index in [1.807, 2.05) is 218 Å². The Morgan fingerprint density at radius 2 is 0.298 bits per heavy atom. The summed E-state index contributed by atoms with van der Waals surface area (Å²) in [4.78, 5) is 0. The van der Waals surface area contributed by atoms with Gasteiger partial charge in [0.1, 0.15) is 46.0 Å². The van der Waals surface area contributed by atoms with E-state index in [0.717, 1.165) is 44.5 Å². The molecule has 0 saturated heterocycles. The van der Waals surface area contributed by atoms with Crippen molar-refractivity contribution in [3.63, 3.8) is 0 Å². The fraction of sp³-hybridized carbons (Fsp3) is 0.0526. The van der Waals surface area contributed by atoms with Crippen molar-refractivity contribution in [3.05, 3.63) is 334 Å². The van der Waals surface area contributed by atoms with Gasteiger partial charge < -0.3 is 40.9 Å². The second-order valence-corrected chi connectivity index (χ2v) is 21.6. The van der Waals surface area contributed by atoms with Crippen molar-refractivity contribution in [2.24, 2.45) is 0 Å². The molecule has 0 fully saturated rings. The highest BCUT2D eigenvalue weighted by Crippen LogP contribution is 2.54. The van der Waals surface area contributed by atoms with Gasteiger partial charge in [0.25, 0.3) is 0 Å². The lowest BCUT2D eigenvalue weighted by Crippen LogP contribution is -2.13. The summed E-state index contributed by atoms with van der Waals surface area (Å²) in [6.45, 7) is 0. The fourth-order valence-electron chi connectivity index (χ4n) is 12.4. The monoisotopic (exact) mass is 1100 g/mol. The molecular weight excluding hydrogens is 1040 g/mol. The van der Waals surface area contributed by atoms with Crippen LogP contribution in [0.3, 0.4) is 0 Å². The molecule has 13 rings (SSSR count). The highest BCUT2D eigenvalue weighted by molar-refractivity contribution is 5.72. The summed E-state index contributed by atoms with van der Waals surface area (Å²) in [6, 6.07) is 82.5. The summed E-state index contributed by atoms with van der Waals surface area (Å²) >= 11 is 0. The molecule has 8 bridgehead atoms. The Bertz CT molecular complexity index is 3690. The second-order valence-electron chi connectivity index (χ2n) is 21.6. The van der Waals surface area contributed by atoms with Crippen LogP contribution in [0.5, 0.6) is 46.0 Å². The number of hydrogen-bond donors (Lipinski definition) is 8. The molecule has 0 unspecified atom stereocenters. The van der Waals surface area contributed by atoms with Gasteiger partial charge in [-0.2, -0.15) is 0 Å². The number of benzene rings is 12. The van der Waals surface area contributed by atoms with Crippen LogP contribution in [0.25, 0.3) is 44.5 Å². The SMILES string of the molecule is Oc1cc(O)c2cc1C(c1ccc(-c3ccccc3)cc1)c1cc(c(O)cc1O)[C@H](c1ccc(-c3ccccc3)cc1)c1cc(c(O)cc1O)[C@H](c1ccc(-c3ccccc3)cc1)c1cc(c(O)cc1O)C2c1ccc(-c2ccccc2)cc1. The Morgan fingerprint density at radius 1 is 0.155 bits per heavy atom. The Morgan fingerprint density at radius 3 is 0.452 bits per heavy atom. The lowest BCUT2D eigenvalue weighted by Gasteiger charge is -2.30. The maximum Gasteiger partial charge on any atom is 0.123 e. The molecule has 84 heavy (non-hydrogen) atoms. The fourth-order valence-corrected chi connectivity index (χ4v) is 12.4. The molecule has 0 amide bonds. The maximum absolute atomic E-state index is 12.5. The highest BCUT2D eigenvalue weighted by Gasteiger charge is 2.35. The largest absolute Gasteiger partial charge is 0.507 e. The van der Waals surface area contributed by atoms with Crippen LogP contribution in [0.4, 0.5) is 0 Å². The van der Waals surface area contributed by atoms with Crippen molar-refractivity contribution in [1.82, 2.24) is 0 Å². The zero-order valence-corrected chi connectivity index (χ0v) is 45.3. The predicted molar refractivity (Wildman–Crippen MR) is 330 cm³/mol. The molecule has 8 heteroatoms. The molecule has 0 saturated carbocycles. The van der Waals surface area contributed by atoms with E-state index in [1.165, 1.54) is 24.3 Å². The van der Waals surface area contributed by atoms with E-state index in [9.17, 15) is 40.9 Å². The van der Waals surface area contributed by atoms with Gasteiger partial charge >= 0.3 is 0 Å². The van der Waals surface area contributed by atoms with Crippen LogP contribution in [-0.2, 0) is 0 Å². The number of hydrogen-bond acceptors (Lipinski definition) is 8. The van der Waals surface area contributed by atoms with E-state index >= 15 is 0 Å². The van der Waals surface area contributed by atoms with Gasteiger partial charge in [-0.15, -0.1) is 0 Å². The van der Waals surface area contributed by atoms with Gasteiger partial charge in [0.15, 0.2) is 0 Å². The van der Waals surface area contributed by atoms with Crippen molar-refractivity contribution in [3.8, 4) is 90.5 Å². The van der Waals surface area contributed by atoms with Gasteiger partial charge in [0.05, 0.1) is 0 Å². The Kier molecular flexibility index (Phi) is 13.6. The van der Waals surface area contributed by atoms with Crippen LogP contribution < -0.4 is 0 Å². The normalized spacial score (nSPS) is 15.5. The molecule has 0 atom stereocenters. The molecule has 0 heterocycles. The van der Waals surface area contributed by atoms with Crippen LogP contribution in [0.2, 0.25) is 0 Å². The van der Waals surface area contributed by atoms with E-state index in [1.54, 1.807) is 24.3 Å². The van der Waals surface area contributed by atoms with Crippen LogP contribution in [0.1, 0.15) is 90.4 Å². The highest BCUT2D eigenvalue weighted by atomic mass is 16.3. The van der Waals surface area contributed by atoms with Gasteiger partial charge in [-0.25, -0.2) is 0 Å². The van der Waals surface area contributed by atoms with Gasteiger partial charge in [0.2, 0.25) is 0 Å². The Hall–Kier alpha value is -11.0. The molecule has 1 aliphatic carbocycles. The van der Waals surface area contributed by atoms with E-state index < -0.39 is 23.7 Å². The summed E-state index contributed by atoms with van der Waals surface area (Å²) in [5.41, 5.74) is 12.3. The molecule has 0 aliphatic heterocycles. The Balaban J connectivity index is 1.12. The average molecular weight is 1100 g/mol. The number of aromatic hydroxyl groups is 8. The second kappa shape index (κ2) is 21.8.